The predicted octanol–water partition coefficient (Wildman–Crippen LogP) is 10.4. The Hall–Kier alpha value is -3.80. The molecule has 0 aliphatic carbocycles. The van der Waals surface area contributed by atoms with E-state index < -0.39 is 28.6 Å². The highest BCUT2D eigenvalue weighted by molar-refractivity contribution is 8.15. The van der Waals surface area contributed by atoms with Crippen molar-refractivity contribution in [3.8, 4) is 6.07 Å². The Labute approximate surface area is 351 Å². The summed E-state index contributed by atoms with van der Waals surface area (Å²) in [5, 5.41) is 19.6. The fourth-order valence-corrected chi connectivity index (χ4v) is 7.73. The van der Waals surface area contributed by atoms with Crippen LogP contribution in [-0.2, 0) is 15.7 Å². The first-order valence-electron chi connectivity index (χ1n) is 19.7. The van der Waals surface area contributed by atoms with Crippen LogP contribution in [0.25, 0.3) is 11.3 Å². The molecule has 2 aromatic rings. The second-order valence-corrected chi connectivity index (χ2v) is 15.6. The number of hydrogen-bond donors (Lipinski definition) is 3. The number of ether oxygens (including phenoxy) is 1. The molecule has 2 atom stereocenters. The third-order valence-corrected chi connectivity index (χ3v) is 11.1. The number of likely N-dealkylation sites (tertiary alicyclic amines) is 1. The van der Waals surface area contributed by atoms with Crippen molar-refractivity contribution in [2.75, 3.05) is 39.1 Å². The minimum absolute atomic E-state index is 0.0114. The van der Waals surface area contributed by atoms with Gasteiger partial charge in [0.05, 0.1) is 28.8 Å². The van der Waals surface area contributed by atoms with E-state index in [0.29, 0.717) is 29.1 Å². The molecule has 2 aliphatic heterocycles. The SMILES string of the molecule is C=CC(C)=O.CC.CC/C=C(/Nc1c(F)/c(=c2\ccc(F)c3c2=C(C#N)C(=N)S3)c(C(F)(F)F)c/c1=C(/C)N(C)C(CCCC)C(C)C)OC.CCN1CCC(S)C1. The number of unbranched alkanes of at least 4 members (excludes halogenated alkanes) is 1. The number of ketones is 1. The van der Waals surface area contributed by atoms with Gasteiger partial charge in [-0.2, -0.15) is 31.1 Å². The molecule has 7 nitrogen and oxygen atoms in total. The molecule has 322 valence electrons. The van der Waals surface area contributed by atoms with E-state index in [2.05, 4.69) is 43.3 Å². The standard InChI is InChI=1S/C32H37F5N4OS.C6H13NS.C4H6O.C2H6/c1-8-10-12-24(17(3)4)41(6)18(5)20-15-22(32(35,36)37)27(28(34)29(20)40-25(42-7)11-9-2)19-13-14-23(33)30-26(19)21(16-38)31(39)43-30;1-2-7-4-3-6(8)5-7;1-3-4(2)5;1-2/h11,13-15,17,24,39-40H,8-10,12H2,1-7H3;6,8H,2-5H2,1H3;3H,1H2,2H3;1-2H3/b20-18+,25-11-,27-19+,39-31?;;;. The van der Waals surface area contributed by atoms with Crippen LogP contribution in [0, 0.1) is 44.7 Å². The Bertz CT molecular complexity index is 2030. The summed E-state index contributed by atoms with van der Waals surface area (Å²) in [6, 6.07) is 4.63. The molecule has 2 heterocycles. The number of fused-ring (bicyclic) bond motifs is 1. The van der Waals surface area contributed by atoms with E-state index >= 15 is 4.39 Å². The van der Waals surface area contributed by atoms with Crippen molar-refractivity contribution >= 4 is 52.2 Å². The topological polar surface area (TPSA) is 92.5 Å². The van der Waals surface area contributed by atoms with Crippen LogP contribution in [0.1, 0.15) is 100.0 Å². The number of carbonyl (C=O) groups excluding carboxylic acids is 1. The predicted molar refractivity (Wildman–Crippen MR) is 233 cm³/mol. The van der Waals surface area contributed by atoms with Crippen molar-refractivity contribution in [1.82, 2.24) is 9.80 Å². The first-order valence-corrected chi connectivity index (χ1v) is 21.1. The number of methoxy groups -OCH3 is 1. The van der Waals surface area contributed by atoms with Gasteiger partial charge in [0, 0.05) is 46.2 Å². The van der Waals surface area contributed by atoms with Crippen molar-refractivity contribution in [3.05, 3.63) is 80.9 Å². The van der Waals surface area contributed by atoms with Crippen molar-refractivity contribution in [2.24, 2.45) is 5.92 Å². The minimum Gasteiger partial charge on any atom is -0.483 e. The zero-order valence-corrected chi connectivity index (χ0v) is 37.6. The molecule has 2 N–H and O–H groups in total. The van der Waals surface area contributed by atoms with Crippen molar-refractivity contribution in [1.29, 1.82) is 10.7 Å². The second kappa shape index (κ2) is 25.0. The van der Waals surface area contributed by atoms with E-state index in [1.807, 2.05) is 39.5 Å². The maximum absolute atomic E-state index is 16.9. The summed E-state index contributed by atoms with van der Waals surface area (Å²) < 4.78 is 81.6. The smallest absolute Gasteiger partial charge is 0.417 e. The largest absolute Gasteiger partial charge is 0.483 e. The Kier molecular flexibility index (Phi) is 22.5. The molecule has 0 bridgehead atoms. The lowest BCUT2D eigenvalue weighted by atomic mass is 9.96. The molecule has 2 unspecified atom stereocenters. The van der Waals surface area contributed by atoms with Crippen LogP contribution >= 0.6 is 24.4 Å². The van der Waals surface area contributed by atoms with E-state index in [4.69, 9.17) is 10.1 Å². The van der Waals surface area contributed by atoms with Crippen molar-refractivity contribution in [3.63, 3.8) is 0 Å². The number of alkyl halides is 3. The third-order valence-electron chi connectivity index (χ3n) is 9.62. The average Bonchev–Trinajstić information content (AvgIpc) is 3.78. The number of nitriles is 1. The lowest BCUT2D eigenvalue weighted by molar-refractivity contribution is -0.138. The van der Waals surface area contributed by atoms with Crippen LogP contribution in [0.3, 0.4) is 0 Å². The minimum atomic E-state index is -5.02. The van der Waals surface area contributed by atoms with Gasteiger partial charge in [-0.3, -0.25) is 10.2 Å². The van der Waals surface area contributed by atoms with E-state index in [0.717, 1.165) is 37.5 Å². The number of benzene rings is 2. The lowest BCUT2D eigenvalue weighted by Crippen LogP contribution is -2.37. The zero-order chi connectivity index (χ0) is 44.5. The zero-order valence-electron chi connectivity index (χ0n) is 35.9. The van der Waals surface area contributed by atoms with Gasteiger partial charge >= 0.3 is 6.18 Å². The summed E-state index contributed by atoms with van der Waals surface area (Å²) in [6.45, 7) is 24.1. The average molecular weight is 852 g/mol. The van der Waals surface area contributed by atoms with Crippen LogP contribution in [-0.4, -0.2) is 65.7 Å². The highest BCUT2D eigenvalue weighted by Gasteiger charge is 2.35. The van der Waals surface area contributed by atoms with Crippen LogP contribution in [0.4, 0.5) is 27.6 Å². The molecule has 2 aromatic carbocycles. The first-order chi connectivity index (χ1) is 27.3. The van der Waals surface area contributed by atoms with Crippen LogP contribution in [0.2, 0.25) is 0 Å². The molecule has 14 heteroatoms. The maximum atomic E-state index is 16.9. The van der Waals surface area contributed by atoms with Crippen LogP contribution in [0.5, 0.6) is 0 Å². The summed E-state index contributed by atoms with van der Waals surface area (Å²) in [4.78, 5) is 13.8. The highest BCUT2D eigenvalue weighted by atomic mass is 32.2. The fourth-order valence-electron chi connectivity index (χ4n) is 6.45. The van der Waals surface area contributed by atoms with Gasteiger partial charge in [-0.05, 0) is 81.6 Å². The number of nitrogens with one attached hydrogen (secondary N) is 2. The van der Waals surface area contributed by atoms with Gasteiger partial charge in [-0.15, -0.1) is 0 Å². The van der Waals surface area contributed by atoms with Gasteiger partial charge in [-0.1, -0.05) is 85.7 Å². The van der Waals surface area contributed by atoms with Crippen LogP contribution in [0.15, 0.2) is 47.7 Å². The van der Waals surface area contributed by atoms with Gasteiger partial charge in [-0.25, -0.2) is 8.78 Å². The molecule has 1 fully saturated rings. The van der Waals surface area contributed by atoms with Gasteiger partial charge < -0.3 is 19.9 Å². The van der Waals surface area contributed by atoms with E-state index in [9.17, 15) is 27.6 Å². The van der Waals surface area contributed by atoms with E-state index in [-0.39, 0.29) is 60.5 Å². The summed E-state index contributed by atoms with van der Waals surface area (Å²) >= 11 is 4.98. The molecule has 0 radical (unpaired) electrons. The Balaban J connectivity index is 0.000000943. The molecule has 0 amide bonds. The number of hydrogen-bond acceptors (Lipinski definition) is 9. The normalized spacial score (nSPS) is 16.7. The summed E-state index contributed by atoms with van der Waals surface area (Å²) in [5.41, 5.74) is -1.42. The Morgan fingerprint density at radius 1 is 1.21 bits per heavy atom. The van der Waals surface area contributed by atoms with Gasteiger partial charge in [0.25, 0.3) is 0 Å². The van der Waals surface area contributed by atoms with Gasteiger partial charge in [0.1, 0.15) is 16.9 Å². The highest BCUT2D eigenvalue weighted by Crippen LogP contribution is 2.34. The maximum Gasteiger partial charge on any atom is 0.417 e. The van der Waals surface area contributed by atoms with Gasteiger partial charge in [0.2, 0.25) is 0 Å². The molecule has 0 spiro atoms. The molecule has 0 aromatic heterocycles. The molecular weight excluding hydrogens is 790 g/mol. The summed E-state index contributed by atoms with van der Waals surface area (Å²) in [7, 11) is 3.16. The van der Waals surface area contributed by atoms with Gasteiger partial charge in [0.15, 0.2) is 17.5 Å². The molecule has 0 saturated carbocycles. The quantitative estimate of drug-likeness (QED) is 0.0848. The Morgan fingerprint density at radius 3 is 2.26 bits per heavy atom. The molecule has 1 saturated heterocycles. The molecule has 4 rings (SSSR count). The Morgan fingerprint density at radius 2 is 1.83 bits per heavy atom. The number of thioether (sulfide) groups is 1. The monoisotopic (exact) mass is 851 g/mol. The number of anilines is 1. The lowest BCUT2D eigenvalue weighted by Gasteiger charge is -2.34. The van der Waals surface area contributed by atoms with Crippen molar-refractivity contribution < 1.29 is 31.5 Å². The number of rotatable bonds is 12. The molecular formula is C44H62F5N5O2S2. The van der Waals surface area contributed by atoms with Crippen LogP contribution < -0.4 is 15.8 Å². The first kappa shape index (κ1) is 52.2. The second-order valence-electron chi connectivity index (χ2n) is 13.9. The number of allylic oxidation sites excluding steroid dienone is 2. The fraction of sp³-hybridized carbons (Fsp3) is 0.523. The summed E-state index contributed by atoms with van der Waals surface area (Å²) in [5.74, 6) is -1.72. The van der Waals surface area contributed by atoms with E-state index in [1.54, 1.807) is 26.1 Å². The molecule has 58 heavy (non-hydrogen) atoms. The summed E-state index contributed by atoms with van der Waals surface area (Å²) in [6.07, 6.45) is 2.33. The molecule has 2 aliphatic rings. The number of halogens is 5. The third kappa shape index (κ3) is 13.9. The van der Waals surface area contributed by atoms with E-state index in [1.165, 1.54) is 46.2 Å². The number of carbonyl (C=O) groups is 1. The number of nitrogens with zero attached hydrogens (tertiary/aromatic N) is 3. The number of thiol groups is 1. The van der Waals surface area contributed by atoms with Crippen molar-refractivity contribution in [2.45, 2.75) is 117 Å².